The minimum absolute atomic E-state index is 0.0415. The molecule has 0 aliphatic carbocycles. The third kappa shape index (κ3) is 3.41. The van der Waals surface area contributed by atoms with Crippen LogP contribution in [0.25, 0.3) is 0 Å². The molecule has 7 heteroatoms. The number of hydrogen-bond donors (Lipinski definition) is 1. The van der Waals surface area contributed by atoms with Gasteiger partial charge in [-0.15, -0.1) is 0 Å². The van der Waals surface area contributed by atoms with Crippen LogP contribution >= 0.6 is 11.6 Å². The van der Waals surface area contributed by atoms with Crippen molar-refractivity contribution in [3.63, 3.8) is 0 Å². The Morgan fingerprint density at radius 1 is 1.27 bits per heavy atom. The molecule has 120 valence electrons. The number of rotatable bonds is 3. The summed E-state index contributed by atoms with van der Waals surface area (Å²) in [6.07, 6.45) is 0. The zero-order valence-electron chi connectivity index (χ0n) is 12.1. The zero-order valence-corrected chi connectivity index (χ0v) is 12.8. The smallest absolute Gasteiger partial charge is 0.254 e. The Hall–Kier alpha value is -1.21. The third-order valence-electron chi connectivity index (χ3n) is 4.05. The van der Waals surface area contributed by atoms with Crippen LogP contribution in [0.5, 0.6) is 0 Å². The van der Waals surface area contributed by atoms with Crippen LogP contribution in [0.1, 0.15) is 10.4 Å². The predicted molar refractivity (Wildman–Crippen MR) is 79.7 cm³/mol. The van der Waals surface area contributed by atoms with Crippen molar-refractivity contribution in [1.29, 1.82) is 0 Å². The minimum atomic E-state index is -0.580. The predicted octanol–water partition coefficient (Wildman–Crippen LogP) is 1.31. The fourth-order valence-electron chi connectivity index (χ4n) is 2.87. The first kappa shape index (κ1) is 15.7. The maximum atomic E-state index is 13.8. The van der Waals surface area contributed by atoms with Crippen molar-refractivity contribution in [3.8, 4) is 0 Å². The highest BCUT2D eigenvalue weighted by atomic mass is 35.5. The monoisotopic (exact) mass is 328 g/mol. The van der Waals surface area contributed by atoms with Crippen LogP contribution in [0, 0.1) is 5.82 Å². The molecule has 1 aromatic rings. The zero-order chi connectivity index (χ0) is 15.5. The van der Waals surface area contributed by atoms with Crippen LogP contribution in [0.15, 0.2) is 18.2 Å². The number of carbonyl (C=O) groups is 1. The first-order valence-electron chi connectivity index (χ1n) is 7.30. The molecule has 2 aliphatic rings. The molecule has 2 fully saturated rings. The number of nitrogens with zero attached hydrogens (tertiary/aromatic N) is 1. The van der Waals surface area contributed by atoms with Gasteiger partial charge in [0.15, 0.2) is 0 Å². The van der Waals surface area contributed by atoms with E-state index in [2.05, 4.69) is 10.2 Å². The molecule has 2 aliphatic heterocycles. The van der Waals surface area contributed by atoms with Gasteiger partial charge in [0.1, 0.15) is 5.82 Å². The fourth-order valence-corrected chi connectivity index (χ4v) is 3.04. The maximum Gasteiger partial charge on any atom is 0.254 e. The molecule has 1 N–H and O–H groups in total. The average molecular weight is 329 g/mol. The van der Waals surface area contributed by atoms with E-state index in [9.17, 15) is 9.18 Å². The van der Waals surface area contributed by atoms with E-state index in [0.29, 0.717) is 31.5 Å². The van der Waals surface area contributed by atoms with Gasteiger partial charge in [-0.1, -0.05) is 11.6 Å². The Morgan fingerprint density at radius 2 is 2.05 bits per heavy atom. The molecule has 0 aromatic heterocycles. The highest BCUT2D eigenvalue weighted by Crippen LogP contribution is 2.18. The largest absolute Gasteiger partial charge is 0.379 e. The summed E-state index contributed by atoms with van der Waals surface area (Å²) in [5, 5.41) is 3.20. The summed E-state index contributed by atoms with van der Waals surface area (Å²) in [4.78, 5) is 14.5. The van der Waals surface area contributed by atoms with Crippen LogP contribution in [0.4, 0.5) is 4.39 Å². The van der Waals surface area contributed by atoms with Gasteiger partial charge < -0.3 is 14.8 Å². The molecule has 0 unspecified atom stereocenters. The lowest BCUT2D eigenvalue weighted by Crippen LogP contribution is -2.54. The van der Waals surface area contributed by atoms with Gasteiger partial charge >= 0.3 is 0 Å². The van der Waals surface area contributed by atoms with Gasteiger partial charge in [0.2, 0.25) is 0 Å². The molecule has 22 heavy (non-hydrogen) atoms. The summed E-state index contributed by atoms with van der Waals surface area (Å²) in [6, 6.07) is 3.88. The second kappa shape index (κ2) is 6.91. The van der Waals surface area contributed by atoms with Crippen molar-refractivity contribution in [2.24, 2.45) is 0 Å². The molecule has 1 amide bonds. The summed E-state index contributed by atoms with van der Waals surface area (Å²) in [5.74, 6) is -1.04. The Kier molecular flexibility index (Phi) is 4.93. The van der Waals surface area contributed by atoms with Gasteiger partial charge in [0.05, 0.1) is 44.1 Å². The van der Waals surface area contributed by atoms with E-state index >= 15 is 0 Å². The highest BCUT2D eigenvalue weighted by molar-refractivity contribution is 6.31. The molecule has 2 atom stereocenters. The summed E-state index contributed by atoms with van der Waals surface area (Å²) < 4.78 is 24.6. The SMILES string of the molecule is O=C(N[C@H]1COC[C@@H]1N1CCOCC1)c1cc(Cl)ccc1F. The number of nitrogens with one attached hydrogen (secondary N) is 1. The molecular formula is C15H18ClFN2O3. The molecule has 2 saturated heterocycles. The van der Waals surface area contributed by atoms with E-state index in [4.69, 9.17) is 21.1 Å². The van der Waals surface area contributed by atoms with Crippen LogP contribution in [-0.2, 0) is 9.47 Å². The van der Waals surface area contributed by atoms with Gasteiger partial charge in [-0.25, -0.2) is 4.39 Å². The van der Waals surface area contributed by atoms with E-state index in [1.807, 2.05) is 0 Å². The molecule has 0 radical (unpaired) electrons. The number of ether oxygens (including phenoxy) is 2. The van der Waals surface area contributed by atoms with Crippen molar-refractivity contribution in [1.82, 2.24) is 10.2 Å². The fraction of sp³-hybridized carbons (Fsp3) is 0.533. The lowest BCUT2D eigenvalue weighted by atomic mass is 10.1. The number of hydrogen-bond acceptors (Lipinski definition) is 4. The van der Waals surface area contributed by atoms with Crippen LogP contribution in [0.3, 0.4) is 0 Å². The molecular weight excluding hydrogens is 311 g/mol. The molecule has 0 spiro atoms. The second-order valence-electron chi connectivity index (χ2n) is 5.46. The lowest BCUT2D eigenvalue weighted by Gasteiger charge is -2.34. The van der Waals surface area contributed by atoms with Crippen molar-refractivity contribution in [3.05, 3.63) is 34.6 Å². The van der Waals surface area contributed by atoms with Crippen molar-refractivity contribution in [2.45, 2.75) is 12.1 Å². The third-order valence-corrected chi connectivity index (χ3v) is 4.29. The Labute approximate surface area is 133 Å². The first-order chi connectivity index (χ1) is 10.6. The van der Waals surface area contributed by atoms with E-state index in [1.165, 1.54) is 18.2 Å². The molecule has 2 heterocycles. The summed E-state index contributed by atoms with van der Waals surface area (Å²) in [6.45, 7) is 3.97. The van der Waals surface area contributed by atoms with Crippen LogP contribution in [-0.4, -0.2) is 62.4 Å². The number of amides is 1. The van der Waals surface area contributed by atoms with Crippen LogP contribution in [0.2, 0.25) is 5.02 Å². The van der Waals surface area contributed by atoms with Crippen molar-refractivity contribution >= 4 is 17.5 Å². The molecule has 0 saturated carbocycles. The lowest BCUT2D eigenvalue weighted by molar-refractivity contribution is 0.0108. The number of morpholine rings is 1. The topological polar surface area (TPSA) is 50.8 Å². The number of halogens is 2. The van der Waals surface area contributed by atoms with Gasteiger partial charge in [0.25, 0.3) is 5.91 Å². The van der Waals surface area contributed by atoms with Gasteiger partial charge in [-0.3, -0.25) is 9.69 Å². The molecule has 5 nitrogen and oxygen atoms in total. The van der Waals surface area contributed by atoms with E-state index in [-0.39, 0.29) is 17.6 Å². The quantitative estimate of drug-likeness (QED) is 0.909. The molecule has 0 bridgehead atoms. The van der Waals surface area contributed by atoms with E-state index in [0.717, 1.165) is 13.1 Å². The highest BCUT2D eigenvalue weighted by Gasteiger charge is 2.35. The normalized spacial score (nSPS) is 26.1. The van der Waals surface area contributed by atoms with Gasteiger partial charge in [-0.2, -0.15) is 0 Å². The van der Waals surface area contributed by atoms with Gasteiger partial charge in [0, 0.05) is 18.1 Å². The molecule has 3 rings (SSSR count). The Bertz CT molecular complexity index is 552. The second-order valence-corrected chi connectivity index (χ2v) is 5.89. The number of carbonyl (C=O) groups excluding carboxylic acids is 1. The summed E-state index contributed by atoms with van der Waals surface area (Å²) in [7, 11) is 0. The first-order valence-corrected chi connectivity index (χ1v) is 7.68. The maximum absolute atomic E-state index is 13.8. The van der Waals surface area contributed by atoms with Gasteiger partial charge in [-0.05, 0) is 18.2 Å². The summed E-state index contributed by atoms with van der Waals surface area (Å²) in [5.41, 5.74) is -0.0415. The summed E-state index contributed by atoms with van der Waals surface area (Å²) >= 11 is 5.83. The minimum Gasteiger partial charge on any atom is -0.379 e. The van der Waals surface area contributed by atoms with E-state index in [1.54, 1.807) is 0 Å². The van der Waals surface area contributed by atoms with E-state index < -0.39 is 11.7 Å². The Balaban J connectivity index is 1.68. The number of benzene rings is 1. The van der Waals surface area contributed by atoms with Crippen molar-refractivity contribution in [2.75, 3.05) is 39.5 Å². The van der Waals surface area contributed by atoms with Crippen molar-refractivity contribution < 1.29 is 18.7 Å². The molecule has 1 aromatic carbocycles. The average Bonchev–Trinajstić information content (AvgIpc) is 2.98. The Morgan fingerprint density at radius 3 is 2.82 bits per heavy atom. The van der Waals surface area contributed by atoms with Crippen LogP contribution < -0.4 is 5.32 Å². The standard InChI is InChI=1S/C15H18ClFN2O3/c16-10-1-2-12(17)11(7-10)15(20)18-13-8-22-9-14(13)19-3-5-21-6-4-19/h1-2,7,13-14H,3-6,8-9H2,(H,18,20)/t13-,14-/m0/s1.